The molecule has 90 valence electrons. The largest absolute Gasteiger partial charge is 0.393 e. The first-order valence-electron chi connectivity index (χ1n) is 5.70. The molecule has 1 aromatic heterocycles. The predicted octanol–water partition coefficient (Wildman–Crippen LogP) is 1.50. The second kappa shape index (κ2) is 5.01. The number of rotatable bonds is 4. The van der Waals surface area contributed by atoms with Crippen LogP contribution in [-0.4, -0.2) is 20.9 Å². The zero-order valence-electron chi connectivity index (χ0n) is 9.82. The van der Waals surface area contributed by atoms with E-state index in [1.54, 1.807) is 19.3 Å². The maximum Gasteiger partial charge on any atom is 0.134 e. The molecule has 0 saturated carbocycles. The Balaban J connectivity index is 2.36. The molecule has 4 nitrogen and oxygen atoms in total. The van der Waals surface area contributed by atoms with Crippen LogP contribution in [-0.2, 0) is 0 Å². The van der Waals surface area contributed by atoms with Crippen LogP contribution in [0.15, 0.2) is 42.7 Å². The monoisotopic (exact) mass is 231 g/mol. The van der Waals surface area contributed by atoms with Crippen molar-refractivity contribution in [3.63, 3.8) is 0 Å². The van der Waals surface area contributed by atoms with Crippen LogP contribution in [0.3, 0.4) is 0 Å². The summed E-state index contributed by atoms with van der Waals surface area (Å²) in [6.07, 6.45) is 3.61. The van der Waals surface area contributed by atoms with Gasteiger partial charge in [0.25, 0.3) is 0 Å². The van der Waals surface area contributed by atoms with Gasteiger partial charge in [-0.2, -0.15) is 0 Å². The molecule has 1 heterocycles. The van der Waals surface area contributed by atoms with Crippen molar-refractivity contribution in [3.05, 3.63) is 54.1 Å². The molecule has 0 aliphatic carbocycles. The molecule has 17 heavy (non-hydrogen) atoms. The Labute approximate surface area is 101 Å². The summed E-state index contributed by atoms with van der Waals surface area (Å²) in [5, 5.41) is 9.60. The number of aromatic nitrogens is 2. The van der Waals surface area contributed by atoms with Crippen molar-refractivity contribution in [2.75, 3.05) is 5.84 Å². The standard InChI is InChI=1S/C13H17N3O/c1-10(17)9-12(11-5-3-2-4-6-11)13-15-7-8-16(13)14/h2-8,10,12,17H,9,14H2,1H3. The van der Waals surface area contributed by atoms with E-state index in [-0.39, 0.29) is 5.92 Å². The third kappa shape index (κ3) is 2.65. The van der Waals surface area contributed by atoms with Gasteiger partial charge < -0.3 is 10.9 Å². The van der Waals surface area contributed by atoms with E-state index in [1.165, 1.54) is 4.68 Å². The molecule has 0 aliphatic rings. The lowest BCUT2D eigenvalue weighted by atomic mass is 9.93. The number of imidazole rings is 1. The molecule has 0 spiro atoms. The van der Waals surface area contributed by atoms with Crippen LogP contribution >= 0.6 is 0 Å². The smallest absolute Gasteiger partial charge is 0.134 e. The number of benzene rings is 1. The van der Waals surface area contributed by atoms with Gasteiger partial charge in [0.15, 0.2) is 0 Å². The van der Waals surface area contributed by atoms with Gasteiger partial charge in [0.2, 0.25) is 0 Å². The van der Waals surface area contributed by atoms with Crippen molar-refractivity contribution in [1.82, 2.24) is 9.66 Å². The summed E-state index contributed by atoms with van der Waals surface area (Å²) in [5.41, 5.74) is 1.12. The molecule has 0 fully saturated rings. The highest BCUT2D eigenvalue weighted by Gasteiger charge is 2.20. The number of nitrogens with two attached hydrogens (primary N) is 1. The van der Waals surface area contributed by atoms with Crippen LogP contribution < -0.4 is 5.84 Å². The van der Waals surface area contributed by atoms with Crippen molar-refractivity contribution in [2.45, 2.75) is 25.4 Å². The van der Waals surface area contributed by atoms with Gasteiger partial charge in [-0.3, -0.25) is 4.68 Å². The summed E-state index contributed by atoms with van der Waals surface area (Å²) in [5.74, 6) is 6.63. The Morgan fingerprint density at radius 1 is 1.35 bits per heavy atom. The van der Waals surface area contributed by atoms with Gasteiger partial charge in [0.1, 0.15) is 5.82 Å². The Hall–Kier alpha value is -1.81. The van der Waals surface area contributed by atoms with Crippen molar-refractivity contribution < 1.29 is 5.11 Å². The average molecular weight is 231 g/mol. The van der Waals surface area contributed by atoms with Crippen molar-refractivity contribution >= 4 is 0 Å². The molecule has 2 rings (SSSR count). The Bertz CT molecular complexity index is 465. The van der Waals surface area contributed by atoms with E-state index in [9.17, 15) is 5.11 Å². The van der Waals surface area contributed by atoms with Gasteiger partial charge in [-0.25, -0.2) is 4.98 Å². The van der Waals surface area contributed by atoms with Crippen LogP contribution in [0, 0.1) is 0 Å². The lowest BCUT2D eigenvalue weighted by molar-refractivity contribution is 0.177. The highest BCUT2D eigenvalue weighted by Crippen LogP contribution is 2.27. The van der Waals surface area contributed by atoms with E-state index < -0.39 is 6.10 Å². The molecule has 2 atom stereocenters. The average Bonchev–Trinajstić information content (AvgIpc) is 2.73. The lowest BCUT2D eigenvalue weighted by Gasteiger charge is -2.18. The fourth-order valence-electron chi connectivity index (χ4n) is 2.01. The lowest BCUT2D eigenvalue weighted by Crippen LogP contribution is -2.19. The van der Waals surface area contributed by atoms with Crippen LogP contribution in [0.2, 0.25) is 0 Å². The molecule has 0 bridgehead atoms. The minimum atomic E-state index is -0.392. The summed E-state index contributed by atoms with van der Waals surface area (Å²) in [7, 11) is 0. The fraction of sp³-hybridized carbons (Fsp3) is 0.308. The first kappa shape index (κ1) is 11.7. The van der Waals surface area contributed by atoms with E-state index in [4.69, 9.17) is 5.84 Å². The molecule has 2 aromatic rings. The first-order chi connectivity index (χ1) is 8.18. The summed E-state index contributed by atoms with van der Waals surface area (Å²) >= 11 is 0. The highest BCUT2D eigenvalue weighted by molar-refractivity contribution is 5.26. The van der Waals surface area contributed by atoms with E-state index in [0.29, 0.717) is 6.42 Å². The molecule has 1 aromatic carbocycles. The van der Waals surface area contributed by atoms with Crippen LogP contribution in [0.5, 0.6) is 0 Å². The Kier molecular flexibility index (Phi) is 3.44. The summed E-state index contributed by atoms with van der Waals surface area (Å²) < 4.78 is 1.51. The quantitative estimate of drug-likeness (QED) is 0.784. The SMILES string of the molecule is CC(O)CC(c1ccccc1)c1nccn1N. The van der Waals surface area contributed by atoms with Crippen molar-refractivity contribution in [1.29, 1.82) is 0 Å². The minimum Gasteiger partial charge on any atom is -0.393 e. The number of hydrogen-bond donors (Lipinski definition) is 2. The Morgan fingerprint density at radius 2 is 2.06 bits per heavy atom. The van der Waals surface area contributed by atoms with E-state index in [0.717, 1.165) is 11.4 Å². The van der Waals surface area contributed by atoms with E-state index >= 15 is 0 Å². The van der Waals surface area contributed by atoms with E-state index in [2.05, 4.69) is 4.98 Å². The summed E-state index contributed by atoms with van der Waals surface area (Å²) in [4.78, 5) is 4.27. The van der Waals surface area contributed by atoms with Gasteiger partial charge in [0, 0.05) is 18.3 Å². The molecule has 0 radical (unpaired) electrons. The fourth-order valence-corrected chi connectivity index (χ4v) is 2.01. The molecule has 0 aliphatic heterocycles. The van der Waals surface area contributed by atoms with Gasteiger partial charge in [-0.05, 0) is 18.9 Å². The zero-order valence-corrected chi connectivity index (χ0v) is 9.82. The summed E-state index contributed by atoms with van der Waals surface area (Å²) in [6, 6.07) is 9.99. The molecular weight excluding hydrogens is 214 g/mol. The molecule has 0 saturated heterocycles. The Morgan fingerprint density at radius 3 is 2.59 bits per heavy atom. The maximum absolute atomic E-state index is 9.60. The van der Waals surface area contributed by atoms with Crippen LogP contribution in [0.4, 0.5) is 0 Å². The van der Waals surface area contributed by atoms with Gasteiger partial charge in [-0.1, -0.05) is 30.3 Å². The third-order valence-corrected chi connectivity index (χ3v) is 2.79. The summed E-state index contributed by atoms with van der Waals surface area (Å²) in [6.45, 7) is 1.78. The first-order valence-corrected chi connectivity index (χ1v) is 5.70. The van der Waals surface area contributed by atoms with Gasteiger partial charge in [-0.15, -0.1) is 0 Å². The number of aliphatic hydroxyl groups is 1. The van der Waals surface area contributed by atoms with Gasteiger partial charge in [0.05, 0.1) is 6.10 Å². The minimum absolute atomic E-state index is 0.0243. The zero-order chi connectivity index (χ0) is 12.3. The number of nitrogen functional groups attached to an aromatic ring is 1. The predicted molar refractivity (Wildman–Crippen MR) is 67.0 cm³/mol. The molecule has 0 amide bonds. The molecule has 3 N–H and O–H groups in total. The topological polar surface area (TPSA) is 64.1 Å². The molecule has 2 unspecified atom stereocenters. The van der Waals surface area contributed by atoms with Crippen molar-refractivity contribution in [3.8, 4) is 0 Å². The van der Waals surface area contributed by atoms with Crippen molar-refractivity contribution in [2.24, 2.45) is 0 Å². The number of nitrogens with zero attached hydrogens (tertiary/aromatic N) is 2. The van der Waals surface area contributed by atoms with Crippen LogP contribution in [0.25, 0.3) is 0 Å². The van der Waals surface area contributed by atoms with E-state index in [1.807, 2.05) is 30.3 Å². The number of hydrogen-bond acceptors (Lipinski definition) is 3. The normalized spacial score (nSPS) is 14.5. The van der Waals surface area contributed by atoms with Gasteiger partial charge >= 0.3 is 0 Å². The second-order valence-corrected chi connectivity index (χ2v) is 4.24. The molecular formula is C13H17N3O. The third-order valence-electron chi connectivity index (χ3n) is 2.79. The maximum atomic E-state index is 9.60. The van der Waals surface area contributed by atoms with Crippen LogP contribution in [0.1, 0.15) is 30.7 Å². The second-order valence-electron chi connectivity index (χ2n) is 4.24. The molecule has 4 heteroatoms. The number of aliphatic hydroxyl groups excluding tert-OH is 1. The highest BCUT2D eigenvalue weighted by atomic mass is 16.3.